The number of carbonyl (C=O) groups is 1. The maximum atomic E-state index is 11.8. The second kappa shape index (κ2) is 6.77. The Kier molecular flexibility index (Phi) is 4.79. The van der Waals surface area contributed by atoms with Gasteiger partial charge in [-0.05, 0) is 38.4 Å². The van der Waals surface area contributed by atoms with Crippen LogP contribution in [-0.2, 0) is 0 Å². The lowest BCUT2D eigenvalue weighted by molar-refractivity contribution is 0.233. The molecule has 20 heavy (non-hydrogen) atoms. The summed E-state index contributed by atoms with van der Waals surface area (Å²) >= 11 is 0. The van der Waals surface area contributed by atoms with Gasteiger partial charge < -0.3 is 15.1 Å². The highest BCUT2D eigenvalue weighted by atomic mass is 16.3. The fraction of sp³-hybridized carbons (Fsp3) is 0.267. The second-order valence-electron chi connectivity index (χ2n) is 4.70. The van der Waals surface area contributed by atoms with E-state index in [0.29, 0.717) is 6.54 Å². The Bertz CT molecular complexity index is 523. The molecule has 0 radical (unpaired) electrons. The van der Waals surface area contributed by atoms with Gasteiger partial charge in [0, 0.05) is 12.2 Å². The summed E-state index contributed by atoms with van der Waals surface area (Å²) in [6.07, 6.45) is 1.63. The topological polar surface area (TPSA) is 57.5 Å². The highest BCUT2D eigenvalue weighted by Gasteiger charge is 2.17. The van der Waals surface area contributed by atoms with Gasteiger partial charge in [-0.25, -0.2) is 4.79 Å². The Morgan fingerprint density at radius 2 is 1.95 bits per heavy atom. The smallest absolute Gasteiger partial charge is 0.319 e. The van der Waals surface area contributed by atoms with Crippen molar-refractivity contribution in [2.75, 3.05) is 26.0 Å². The van der Waals surface area contributed by atoms with E-state index in [4.69, 9.17) is 4.42 Å². The number of carbonyl (C=O) groups excluding carboxylic acids is 1. The van der Waals surface area contributed by atoms with E-state index in [2.05, 4.69) is 10.6 Å². The van der Waals surface area contributed by atoms with Gasteiger partial charge in [0.15, 0.2) is 0 Å². The number of nitrogens with one attached hydrogen (secondary N) is 2. The quantitative estimate of drug-likeness (QED) is 0.880. The molecule has 2 rings (SSSR count). The van der Waals surface area contributed by atoms with Gasteiger partial charge in [0.25, 0.3) is 0 Å². The van der Waals surface area contributed by atoms with Gasteiger partial charge in [0.05, 0.1) is 12.3 Å². The molecule has 1 aromatic heterocycles. The summed E-state index contributed by atoms with van der Waals surface area (Å²) in [7, 11) is 3.90. The zero-order valence-corrected chi connectivity index (χ0v) is 11.7. The van der Waals surface area contributed by atoms with Crippen LogP contribution < -0.4 is 10.6 Å². The molecule has 0 saturated heterocycles. The standard InChI is InChI=1S/C15H19N3O2/c1-18(2)13(14-9-6-10-20-14)11-16-15(19)17-12-7-4-3-5-8-12/h3-10,13H,11H2,1-2H3,(H2,16,17,19). The maximum Gasteiger partial charge on any atom is 0.319 e. The number of anilines is 1. The van der Waals surface area contributed by atoms with Crippen molar-refractivity contribution < 1.29 is 9.21 Å². The van der Waals surface area contributed by atoms with Crippen molar-refractivity contribution in [2.45, 2.75) is 6.04 Å². The molecule has 0 saturated carbocycles. The first-order valence-corrected chi connectivity index (χ1v) is 6.46. The lowest BCUT2D eigenvalue weighted by Crippen LogP contribution is -2.36. The molecule has 0 aliphatic carbocycles. The van der Waals surface area contributed by atoms with E-state index >= 15 is 0 Å². The predicted octanol–water partition coefficient (Wildman–Crippen LogP) is 2.70. The third-order valence-electron chi connectivity index (χ3n) is 2.98. The zero-order valence-electron chi connectivity index (χ0n) is 11.7. The molecule has 0 aliphatic heterocycles. The van der Waals surface area contributed by atoms with Gasteiger partial charge in [0.1, 0.15) is 5.76 Å². The molecule has 1 atom stereocenters. The van der Waals surface area contributed by atoms with Crippen molar-refractivity contribution in [3.63, 3.8) is 0 Å². The highest BCUT2D eigenvalue weighted by Crippen LogP contribution is 2.17. The molecule has 2 aromatic rings. The van der Waals surface area contributed by atoms with E-state index in [1.165, 1.54) is 0 Å². The molecule has 2 N–H and O–H groups in total. The van der Waals surface area contributed by atoms with E-state index < -0.39 is 0 Å². The molecule has 0 spiro atoms. The lowest BCUT2D eigenvalue weighted by Gasteiger charge is -2.22. The maximum absolute atomic E-state index is 11.8. The first-order chi connectivity index (χ1) is 9.66. The van der Waals surface area contributed by atoms with Crippen LogP contribution >= 0.6 is 0 Å². The second-order valence-corrected chi connectivity index (χ2v) is 4.70. The minimum Gasteiger partial charge on any atom is -0.468 e. The fourth-order valence-electron chi connectivity index (χ4n) is 1.90. The van der Waals surface area contributed by atoms with Gasteiger partial charge >= 0.3 is 6.03 Å². The number of para-hydroxylation sites is 1. The monoisotopic (exact) mass is 273 g/mol. The molecule has 1 aromatic carbocycles. The summed E-state index contributed by atoms with van der Waals surface area (Å²) in [5.41, 5.74) is 0.768. The molecular formula is C15H19N3O2. The van der Waals surface area contributed by atoms with Crippen LogP contribution in [0.2, 0.25) is 0 Å². The van der Waals surface area contributed by atoms with Gasteiger partial charge in [-0.1, -0.05) is 18.2 Å². The van der Waals surface area contributed by atoms with Crippen LogP contribution in [0.15, 0.2) is 53.1 Å². The Balaban J connectivity index is 1.88. The Hall–Kier alpha value is -2.27. The average molecular weight is 273 g/mol. The molecule has 0 bridgehead atoms. The van der Waals surface area contributed by atoms with Crippen LogP contribution in [-0.4, -0.2) is 31.6 Å². The van der Waals surface area contributed by atoms with Crippen LogP contribution in [0.4, 0.5) is 10.5 Å². The van der Waals surface area contributed by atoms with Crippen LogP contribution in [0.3, 0.4) is 0 Å². The number of furan rings is 1. The van der Waals surface area contributed by atoms with Crippen molar-refractivity contribution in [1.29, 1.82) is 0 Å². The zero-order chi connectivity index (χ0) is 14.4. The minimum absolute atomic E-state index is 0.00604. The number of benzene rings is 1. The fourth-order valence-corrected chi connectivity index (χ4v) is 1.90. The SMILES string of the molecule is CN(C)C(CNC(=O)Nc1ccccc1)c1ccco1. The molecule has 0 aliphatic rings. The number of hydrogen-bond donors (Lipinski definition) is 2. The summed E-state index contributed by atoms with van der Waals surface area (Å²) in [6, 6.07) is 12.9. The van der Waals surface area contributed by atoms with Gasteiger partial charge in [-0.3, -0.25) is 4.90 Å². The summed E-state index contributed by atoms with van der Waals surface area (Å²) < 4.78 is 5.39. The van der Waals surface area contributed by atoms with E-state index in [-0.39, 0.29) is 12.1 Å². The summed E-state index contributed by atoms with van der Waals surface area (Å²) in [5, 5.41) is 5.63. The minimum atomic E-state index is -0.227. The molecule has 1 unspecified atom stereocenters. The third-order valence-corrected chi connectivity index (χ3v) is 2.98. The molecule has 2 amide bonds. The van der Waals surface area contributed by atoms with Crippen molar-refractivity contribution in [3.8, 4) is 0 Å². The number of rotatable bonds is 5. The Labute approximate surface area is 118 Å². The molecule has 5 nitrogen and oxygen atoms in total. The van der Waals surface area contributed by atoms with Crippen molar-refractivity contribution in [3.05, 3.63) is 54.5 Å². The molecule has 5 heteroatoms. The number of amides is 2. The van der Waals surface area contributed by atoms with Crippen molar-refractivity contribution in [2.24, 2.45) is 0 Å². The third kappa shape index (κ3) is 3.86. The molecular weight excluding hydrogens is 254 g/mol. The summed E-state index contributed by atoms with van der Waals surface area (Å²) in [5.74, 6) is 0.829. The van der Waals surface area contributed by atoms with E-state index in [9.17, 15) is 4.79 Å². The lowest BCUT2D eigenvalue weighted by atomic mass is 10.2. The molecule has 1 heterocycles. The van der Waals surface area contributed by atoms with Crippen LogP contribution in [0.1, 0.15) is 11.8 Å². The molecule has 0 fully saturated rings. The first kappa shape index (κ1) is 14.1. The van der Waals surface area contributed by atoms with Gasteiger partial charge in [0.2, 0.25) is 0 Å². The number of hydrogen-bond acceptors (Lipinski definition) is 3. The average Bonchev–Trinajstić information content (AvgIpc) is 2.93. The van der Waals surface area contributed by atoms with E-state index in [0.717, 1.165) is 11.4 Å². The number of nitrogens with zero attached hydrogens (tertiary/aromatic N) is 1. The van der Waals surface area contributed by atoms with E-state index in [1.807, 2.05) is 61.5 Å². The van der Waals surface area contributed by atoms with E-state index in [1.54, 1.807) is 6.26 Å². The Morgan fingerprint density at radius 1 is 1.20 bits per heavy atom. The van der Waals surface area contributed by atoms with Gasteiger partial charge in [-0.2, -0.15) is 0 Å². The van der Waals surface area contributed by atoms with Crippen LogP contribution in [0.5, 0.6) is 0 Å². The van der Waals surface area contributed by atoms with Gasteiger partial charge in [-0.15, -0.1) is 0 Å². The summed E-state index contributed by atoms with van der Waals surface area (Å²) in [6.45, 7) is 0.471. The Morgan fingerprint density at radius 3 is 2.55 bits per heavy atom. The van der Waals surface area contributed by atoms with Crippen molar-refractivity contribution >= 4 is 11.7 Å². The van der Waals surface area contributed by atoms with Crippen LogP contribution in [0.25, 0.3) is 0 Å². The summed E-state index contributed by atoms with van der Waals surface area (Å²) in [4.78, 5) is 13.8. The highest BCUT2D eigenvalue weighted by molar-refractivity contribution is 5.89. The largest absolute Gasteiger partial charge is 0.468 e. The van der Waals surface area contributed by atoms with Crippen molar-refractivity contribution in [1.82, 2.24) is 10.2 Å². The number of likely N-dealkylation sites (N-methyl/N-ethyl adjacent to an activating group) is 1. The predicted molar refractivity (Wildman–Crippen MR) is 78.6 cm³/mol. The first-order valence-electron chi connectivity index (χ1n) is 6.46. The normalized spacial score (nSPS) is 12.2. The molecule has 106 valence electrons. The number of urea groups is 1. The van der Waals surface area contributed by atoms with Crippen LogP contribution in [0, 0.1) is 0 Å².